The molecule has 0 unspecified atom stereocenters. The lowest BCUT2D eigenvalue weighted by atomic mass is 10.2. The van der Waals surface area contributed by atoms with Crippen molar-refractivity contribution in [2.75, 3.05) is 7.11 Å². The first-order valence-electron chi connectivity index (χ1n) is 6.02. The molecule has 0 amide bonds. The predicted molar refractivity (Wildman–Crippen MR) is 71.5 cm³/mol. The van der Waals surface area contributed by atoms with Gasteiger partial charge in [0, 0.05) is 37.0 Å². The van der Waals surface area contributed by atoms with Crippen LogP contribution in [-0.2, 0) is 20.1 Å². The lowest BCUT2D eigenvalue weighted by molar-refractivity contribution is 0.407. The van der Waals surface area contributed by atoms with E-state index in [1.807, 2.05) is 36.1 Å². The molecule has 0 atom stereocenters. The van der Waals surface area contributed by atoms with Gasteiger partial charge >= 0.3 is 0 Å². The molecule has 0 radical (unpaired) electrons. The van der Waals surface area contributed by atoms with Gasteiger partial charge in [0.05, 0.1) is 13.3 Å². The van der Waals surface area contributed by atoms with Gasteiger partial charge in [0.1, 0.15) is 5.75 Å². The summed E-state index contributed by atoms with van der Waals surface area (Å²) in [5.74, 6) is 0.924. The van der Waals surface area contributed by atoms with Crippen LogP contribution in [0.1, 0.15) is 16.8 Å². The molecule has 0 aliphatic carbocycles. The van der Waals surface area contributed by atoms with E-state index in [-0.39, 0.29) is 0 Å². The van der Waals surface area contributed by atoms with Crippen molar-refractivity contribution in [3.05, 3.63) is 47.3 Å². The number of ether oxygens (including phenoxy) is 1. The number of nitrogens with one attached hydrogen (secondary N) is 1. The Hall–Kier alpha value is -1.81. The van der Waals surface area contributed by atoms with Crippen LogP contribution < -0.4 is 10.1 Å². The number of aromatic nitrogens is 2. The fourth-order valence-corrected chi connectivity index (χ4v) is 1.90. The Morgan fingerprint density at radius 2 is 1.94 bits per heavy atom. The maximum Gasteiger partial charge on any atom is 0.123 e. The standard InChI is InChI=1S/C14H19N3O/c1-11-13(10-16-17(11)2)9-15-8-12-6-4-5-7-14(12)18-3/h4-7,10,15H,8-9H2,1-3H3. The second kappa shape index (κ2) is 5.69. The minimum Gasteiger partial charge on any atom is -0.496 e. The van der Waals surface area contributed by atoms with E-state index < -0.39 is 0 Å². The Balaban J connectivity index is 1.94. The largest absolute Gasteiger partial charge is 0.496 e. The Bertz CT molecular complexity index is 520. The first-order valence-corrected chi connectivity index (χ1v) is 6.02. The number of benzene rings is 1. The lowest BCUT2D eigenvalue weighted by Crippen LogP contribution is -2.13. The van der Waals surface area contributed by atoms with Crippen molar-refractivity contribution in [1.82, 2.24) is 15.1 Å². The third-order valence-corrected chi connectivity index (χ3v) is 3.16. The lowest BCUT2D eigenvalue weighted by Gasteiger charge is -2.09. The van der Waals surface area contributed by atoms with Gasteiger partial charge in [-0.3, -0.25) is 4.68 Å². The van der Waals surface area contributed by atoms with Gasteiger partial charge in [0.15, 0.2) is 0 Å². The summed E-state index contributed by atoms with van der Waals surface area (Å²) in [6, 6.07) is 8.05. The summed E-state index contributed by atoms with van der Waals surface area (Å²) >= 11 is 0. The number of methoxy groups -OCH3 is 1. The molecule has 18 heavy (non-hydrogen) atoms. The quantitative estimate of drug-likeness (QED) is 0.876. The van der Waals surface area contributed by atoms with E-state index in [1.54, 1.807) is 7.11 Å². The summed E-state index contributed by atoms with van der Waals surface area (Å²) in [6.45, 7) is 3.68. The van der Waals surface area contributed by atoms with Crippen molar-refractivity contribution in [1.29, 1.82) is 0 Å². The summed E-state index contributed by atoms with van der Waals surface area (Å²) < 4.78 is 7.21. The molecule has 1 N–H and O–H groups in total. The number of para-hydroxylation sites is 1. The number of hydrogen-bond acceptors (Lipinski definition) is 3. The van der Waals surface area contributed by atoms with Gasteiger partial charge in [-0.15, -0.1) is 0 Å². The van der Waals surface area contributed by atoms with Gasteiger partial charge in [-0.2, -0.15) is 5.10 Å². The molecule has 1 aromatic carbocycles. The van der Waals surface area contributed by atoms with Crippen LogP contribution in [-0.4, -0.2) is 16.9 Å². The zero-order valence-electron chi connectivity index (χ0n) is 11.1. The van der Waals surface area contributed by atoms with E-state index in [9.17, 15) is 0 Å². The molecule has 0 spiro atoms. The summed E-state index contributed by atoms with van der Waals surface area (Å²) in [4.78, 5) is 0. The zero-order valence-corrected chi connectivity index (χ0v) is 11.1. The van der Waals surface area contributed by atoms with E-state index in [2.05, 4.69) is 23.4 Å². The van der Waals surface area contributed by atoms with Crippen LogP contribution in [0, 0.1) is 6.92 Å². The normalized spacial score (nSPS) is 10.6. The Morgan fingerprint density at radius 1 is 1.22 bits per heavy atom. The molecule has 4 nitrogen and oxygen atoms in total. The third kappa shape index (κ3) is 2.71. The van der Waals surface area contributed by atoms with Crippen LogP contribution in [0.5, 0.6) is 5.75 Å². The Labute approximate surface area is 108 Å². The molecular weight excluding hydrogens is 226 g/mol. The van der Waals surface area contributed by atoms with Gasteiger partial charge in [-0.1, -0.05) is 18.2 Å². The minimum absolute atomic E-state index is 0.790. The van der Waals surface area contributed by atoms with Gasteiger partial charge in [0.2, 0.25) is 0 Å². The molecule has 0 fully saturated rings. The average molecular weight is 245 g/mol. The van der Waals surface area contributed by atoms with Gasteiger partial charge < -0.3 is 10.1 Å². The van der Waals surface area contributed by atoms with Crippen LogP contribution in [0.3, 0.4) is 0 Å². The van der Waals surface area contributed by atoms with E-state index in [0.717, 1.165) is 18.8 Å². The highest BCUT2D eigenvalue weighted by Crippen LogP contribution is 2.17. The Morgan fingerprint density at radius 3 is 2.61 bits per heavy atom. The van der Waals surface area contributed by atoms with Crippen LogP contribution in [0.15, 0.2) is 30.5 Å². The maximum absolute atomic E-state index is 5.32. The maximum atomic E-state index is 5.32. The first kappa shape index (κ1) is 12.6. The summed E-state index contributed by atoms with van der Waals surface area (Å²) in [5, 5.41) is 7.64. The van der Waals surface area contributed by atoms with Crippen molar-refractivity contribution >= 4 is 0 Å². The van der Waals surface area contributed by atoms with Gasteiger partial charge in [-0.05, 0) is 13.0 Å². The van der Waals surface area contributed by atoms with Crippen molar-refractivity contribution < 1.29 is 4.74 Å². The molecule has 1 aromatic heterocycles. The molecule has 0 saturated carbocycles. The minimum atomic E-state index is 0.790. The fraction of sp³-hybridized carbons (Fsp3) is 0.357. The topological polar surface area (TPSA) is 39.1 Å². The molecule has 0 saturated heterocycles. The second-order valence-corrected chi connectivity index (χ2v) is 4.29. The smallest absolute Gasteiger partial charge is 0.123 e. The molecule has 96 valence electrons. The molecule has 2 rings (SSSR count). The molecule has 0 aliphatic rings. The van der Waals surface area contributed by atoms with Crippen molar-refractivity contribution in [2.45, 2.75) is 20.0 Å². The number of aryl methyl sites for hydroxylation is 1. The predicted octanol–water partition coefficient (Wildman–Crippen LogP) is 2.03. The van der Waals surface area contributed by atoms with Gasteiger partial charge in [-0.25, -0.2) is 0 Å². The number of rotatable bonds is 5. The number of nitrogens with zero attached hydrogens (tertiary/aromatic N) is 2. The molecule has 0 bridgehead atoms. The Kier molecular flexibility index (Phi) is 3.99. The summed E-state index contributed by atoms with van der Waals surface area (Å²) in [7, 11) is 3.66. The first-order chi connectivity index (χ1) is 8.72. The van der Waals surface area contributed by atoms with Crippen molar-refractivity contribution in [3.8, 4) is 5.75 Å². The molecule has 0 aliphatic heterocycles. The molecule has 4 heteroatoms. The molecule has 2 aromatic rings. The van der Waals surface area contributed by atoms with E-state index in [4.69, 9.17) is 4.74 Å². The zero-order chi connectivity index (χ0) is 13.0. The van der Waals surface area contributed by atoms with Crippen LogP contribution in [0.4, 0.5) is 0 Å². The fourth-order valence-electron chi connectivity index (χ4n) is 1.90. The highest BCUT2D eigenvalue weighted by Gasteiger charge is 2.04. The van der Waals surface area contributed by atoms with E-state index in [1.165, 1.54) is 16.8 Å². The van der Waals surface area contributed by atoms with Crippen LogP contribution in [0.2, 0.25) is 0 Å². The highest BCUT2D eigenvalue weighted by atomic mass is 16.5. The SMILES string of the molecule is COc1ccccc1CNCc1cnn(C)c1C. The highest BCUT2D eigenvalue weighted by molar-refractivity contribution is 5.33. The van der Waals surface area contributed by atoms with Gasteiger partial charge in [0.25, 0.3) is 0 Å². The van der Waals surface area contributed by atoms with E-state index in [0.29, 0.717) is 0 Å². The molecule has 1 heterocycles. The summed E-state index contributed by atoms with van der Waals surface area (Å²) in [6.07, 6.45) is 1.91. The van der Waals surface area contributed by atoms with Crippen LogP contribution >= 0.6 is 0 Å². The van der Waals surface area contributed by atoms with Crippen LogP contribution in [0.25, 0.3) is 0 Å². The average Bonchev–Trinajstić information content (AvgIpc) is 2.71. The van der Waals surface area contributed by atoms with Crippen molar-refractivity contribution in [3.63, 3.8) is 0 Å². The monoisotopic (exact) mass is 245 g/mol. The molecular formula is C14H19N3O. The summed E-state index contributed by atoms with van der Waals surface area (Å²) in [5.41, 5.74) is 3.59. The third-order valence-electron chi connectivity index (χ3n) is 3.16. The van der Waals surface area contributed by atoms with Crippen molar-refractivity contribution in [2.24, 2.45) is 7.05 Å². The second-order valence-electron chi connectivity index (χ2n) is 4.29. The van der Waals surface area contributed by atoms with E-state index >= 15 is 0 Å². The number of hydrogen-bond donors (Lipinski definition) is 1.